The summed E-state index contributed by atoms with van der Waals surface area (Å²) in [5.41, 5.74) is 0.191. The van der Waals surface area contributed by atoms with Gasteiger partial charge in [0.25, 0.3) is 0 Å². The highest BCUT2D eigenvalue weighted by atomic mass is 19.1. The third-order valence-corrected chi connectivity index (χ3v) is 6.02. The van der Waals surface area contributed by atoms with E-state index in [4.69, 9.17) is 20.8 Å². The molecule has 11 heteroatoms. The Bertz CT molecular complexity index is 1300. The van der Waals surface area contributed by atoms with Crippen molar-refractivity contribution in [2.24, 2.45) is 11.8 Å². The van der Waals surface area contributed by atoms with E-state index >= 15 is 0 Å². The van der Waals surface area contributed by atoms with Crippen LogP contribution in [0.15, 0.2) is 30.7 Å². The van der Waals surface area contributed by atoms with Crippen LogP contribution in [-0.2, 0) is 9.47 Å². The van der Waals surface area contributed by atoms with Crippen LogP contribution in [0.3, 0.4) is 0 Å². The first-order chi connectivity index (χ1) is 16.7. The van der Waals surface area contributed by atoms with Gasteiger partial charge in [-0.25, -0.2) is 28.7 Å². The van der Waals surface area contributed by atoms with Crippen molar-refractivity contribution >= 4 is 22.8 Å². The average molecular weight is 481 g/mol. The molecule has 2 unspecified atom stereocenters. The molecule has 2 aliphatic heterocycles. The molecule has 35 heavy (non-hydrogen) atoms. The Morgan fingerprint density at radius 3 is 2.63 bits per heavy atom. The first-order valence-electron chi connectivity index (χ1n) is 11.3. The second kappa shape index (κ2) is 8.78. The molecule has 2 atom stereocenters. The van der Waals surface area contributed by atoms with Crippen LogP contribution in [0.1, 0.15) is 20.8 Å². The lowest BCUT2D eigenvalue weighted by Gasteiger charge is -2.46. The number of aromatic nitrogens is 4. The molecule has 2 fully saturated rings. The van der Waals surface area contributed by atoms with E-state index in [2.05, 4.69) is 19.9 Å². The second-order valence-electron chi connectivity index (χ2n) is 9.75. The number of halogens is 1. The van der Waals surface area contributed by atoms with Crippen molar-refractivity contribution in [3.8, 4) is 11.6 Å². The van der Waals surface area contributed by atoms with Crippen molar-refractivity contribution in [1.29, 1.82) is 0 Å². The van der Waals surface area contributed by atoms with E-state index in [1.807, 2.05) is 20.8 Å². The van der Waals surface area contributed by atoms with Gasteiger partial charge in [0.05, 0.1) is 26.0 Å². The number of benzene rings is 1. The molecule has 0 aliphatic carbocycles. The topological polar surface area (TPSA) is 96.0 Å². The maximum absolute atomic E-state index is 14.6. The van der Waals surface area contributed by atoms with E-state index in [1.165, 1.54) is 29.3 Å². The zero-order chi connectivity index (χ0) is 24.7. The zero-order valence-electron chi connectivity index (χ0n) is 19.6. The average Bonchev–Trinajstić information content (AvgIpc) is 3.22. The molecule has 2 saturated heterocycles. The highest BCUT2D eigenvalue weighted by molar-refractivity contribution is 5.81. The van der Waals surface area contributed by atoms with E-state index < -0.39 is 11.4 Å². The maximum Gasteiger partial charge on any atom is 0.410 e. The minimum atomic E-state index is -0.578. The van der Waals surface area contributed by atoms with Gasteiger partial charge in [0.1, 0.15) is 34.9 Å². The molecule has 10 nitrogen and oxygen atoms in total. The molecule has 182 valence electrons. The molecule has 4 heterocycles. The summed E-state index contributed by atoms with van der Waals surface area (Å²) in [5, 5.41) is 4.84. The Labute approximate surface area is 201 Å². The lowest BCUT2D eigenvalue weighted by Crippen LogP contribution is -2.59. The number of hydrogen-bond acceptors (Lipinski definition) is 7. The largest absolute Gasteiger partial charge is 0.473 e. The SMILES string of the molecule is [C-]#[N+]c1ccc(-n2ncc3c(OC4C5COCC4CN(C(=O)OC(C)(C)C)C5)ncnc32)c(F)c1. The Kier molecular flexibility index (Phi) is 5.76. The quantitative estimate of drug-likeness (QED) is 0.527. The first-order valence-corrected chi connectivity index (χ1v) is 11.3. The summed E-state index contributed by atoms with van der Waals surface area (Å²) in [4.78, 5) is 26.2. The zero-order valence-corrected chi connectivity index (χ0v) is 19.6. The summed E-state index contributed by atoms with van der Waals surface area (Å²) >= 11 is 0. The van der Waals surface area contributed by atoms with Crippen molar-refractivity contribution < 1.29 is 23.4 Å². The highest BCUT2D eigenvalue weighted by Crippen LogP contribution is 2.34. The molecule has 0 N–H and O–H groups in total. The van der Waals surface area contributed by atoms with Crippen molar-refractivity contribution in [2.45, 2.75) is 32.5 Å². The van der Waals surface area contributed by atoms with Crippen LogP contribution < -0.4 is 4.74 Å². The summed E-state index contributed by atoms with van der Waals surface area (Å²) in [6.07, 6.45) is 2.32. The van der Waals surface area contributed by atoms with Gasteiger partial charge in [-0.15, -0.1) is 0 Å². The smallest absolute Gasteiger partial charge is 0.410 e. The maximum atomic E-state index is 14.6. The number of amides is 1. The molecular formula is C24H25FN6O4. The van der Waals surface area contributed by atoms with Crippen LogP contribution in [-0.4, -0.2) is 68.7 Å². The predicted octanol–water partition coefficient (Wildman–Crippen LogP) is 3.77. The van der Waals surface area contributed by atoms with Crippen molar-refractivity contribution in [3.63, 3.8) is 0 Å². The summed E-state index contributed by atoms with van der Waals surface area (Å²) in [5.74, 6) is -0.361. The standard InChI is InChI=1S/C24H25FN6O4/c1-24(2,3)35-23(32)30-9-14-11-33-12-15(10-30)20(14)34-22-17-8-29-31(21(17)27-13-28-22)19-6-5-16(26-4)7-18(19)25/h5-8,13-15,20H,9-12H2,1-3H3. The normalized spacial score (nSPS) is 22.0. The number of carbonyl (C=O) groups is 1. The number of nitrogens with zero attached hydrogens (tertiary/aromatic N) is 6. The Balaban J connectivity index is 1.40. The molecule has 0 spiro atoms. The minimum absolute atomic E-state index is 0.0614. The molecular weight excluding hydrogens is 455 g/mol. The predicted molar refractivity (Wildman–Crippen MR) is 123 cm³/mol. The van der Waals surface area contributed by atoms with E-state index in [0.717, 1.165) is 6.07 Å². The van der Waals surface area contributed by atoms with Crippen LogP contribution in [0, 0.1) is 24.2 Å². The lowest BCUT2D eigenvalue weighted by atomic mass is 9.84. The summed E-state index contributed by atoms with van der Waals surface area (Å²) < 4.78 is 33.7. The van der Waals surface area contributed by atoms with E-state index in [0.29, 0.717) is 43.2 Å². The van der Waals surface area contributed by atoms with Gasteiger partial charge < -0.3 is 19.1 Å². The lowest BCUT2D eigenvalue weighted by molar-refractivity contribution is -0.112. The van der Waals surface area contributed by atoms with Crippen LogP contribution in [0.2, 0.25) is 0 Å². The van der Waals surface area contributed by atoms with E-state index in [1.54, 1.807) is 4.90 Å². The van der Waals surface area contributed by atoms with Crippen LogP contribution >= 0.6 is 0 Å². The van der Waals surface area contributed by atoms with Gasteiger partial charge in [0.15, 0.2) is 11.3 Å². The molecule has 2 aliphatic rings. The highest BCUT2D eigenvalue weighted by Gasteiger charge is 2.44. The fourth-order valence-corrected chi connectivity index (χ4v) is 4.53. The van der Waals surface area contributed by atoms with Crippen molar-refractivity contribution in [2.75, 3.05) is 26.3 Å². The fourth-order valence-electron chi connectivity index (χ4n) is 4.53. The van der Waals surface area contributed by atoms with Crippen LogP contribution in [0.5, 0.6) is 5.88 Å². The fraction of sp³-hybridized carbons (Fsp3) is 0.458. The van der Waals surface area contributed by atoms with Gasteiger partial charge >= 0.3 is 6.09 Å². The molecule has 2 bridgehead atoms. The first kappa shape index (κ1) is 23.0. The summed E-state index contributed by atoms with van der Waals surface area (Å²) in [6.45, 7) is 14.4. The Hall–Kier alpha value is -3.78. The van der Waals surface area contributed by atoms with Crippen LogP contribution in [0.25, 0.3) is 21.6 Å². The number of hydrogen-bond donors (Lipinski definition) is 0. The Morgan fingerprint density at radius 1 is 1.23 bits per heavy atom. The van der Waals surface area contributed by atoms with Crippen molar-refractivity contribution in [3.05, 3.63) is 48.0 Å². The van der Waals surface area contributed by atoms with E-state index in [-0.39, 0.29) is 35.4 Å². The third kappa shape index (κ3) is 4.49. The van der Waals surface area contributed by atoms with Gasteiger partial charge in [0.2, 0.25) is 5.88 Å². The van der Waals surface area contributed by atoms with Gasteiger partial charge in [-0.1, -0.05) is 6.07 Å². The van der Waals surface area contributed by atoms with Gasteiger partial charge in [-0.05, 0) is 32.9 Å². The van der Waals surface area contributed by atoms with Crippen LogP contribution in [0.4, 0.5) is 14.9 Å². The molecule has 1 aromatic carbocycles. The van der Waals surface area contributed by atoms with Crippen molar-refractivity contribution in [1.82, 2.24) is 24.6 Å². The molecule has 5 rings (SSSR count). The number of ether oxygens (including phenoxy) is 3. The summed E-state index contributed by atoms with van der Waals surface area (Å²) in [7, 11) is 0. The summed E-state index contributed by atoms with van der Waals surface area (Å²) in [6, 6.07) is 4.18. The van der Waals surface area contributed by atoms with Gasteiger partial charge in [-0.2, -0.15) is 5.10 Å². The van der Waals surface area contributed by atoms with Gasteiger partial charge in [-0.3, -0.25) is 0 Å². The molecule has 3 aromatic rings. The Morgan fingerprint density at radius 2 is 1.97 bits per heavy atom. The monoisotopic (exact) mass is 480 g/mol. The van der Waals surface area contributed by atoms with E-state index in [9.17, 15) is 9.18 Å². The molecule has 2 aromatic heterocycles. The number of carbonyl (C=O) groups excluding carboxylic acids is 1. The number of piperidine rings is 1. The second-order valence-corrected chi connectivity index (χ2v) is 9.75. The molecule has 0 saturated carbocycles. The molecule has 0 radical (unpaired) electrons. The minimum Gasteiger partial charge on any atom is -0.473 e. The number of likely N-dealkylation sites (tertiary alicyclic amines) is 1. The van der Waals surface area contributed by atoms with Gasteiger partial charge in [0, 0.05) is 24.9 Å². The number of rotatable bonds is 3. The number of fused-ring (bicyclic) bond motifs is 3. The third-order valence-electron chi connectivity index (χ3n) is 6.02. The molecule has 1 amide bonds.